The fourth-order valence-corrected chi connectivity index (χ4v) is 1.35. The summed E-state index contributed by atoms with van der Waals surface area (Å²) in [5, 5.41) is 2.81. The molecule has 4 heteroatoms. The van der Waals surface area contributed by atoms with Gasteiger partial charge in [0.05, 0.1) is 6.61 Å². The lowest BCUT2D eigenvalue weighted by molar-refractivity contribution is -0.121. The largest absolute Gasteiger partial charge is 0.494 e. The molecule has 0 unspecified atom stereocenters. The van der Waals surface area contributed by atoms with Crippen molar-refractivity contribution >= 4 is 5.91 Å². The van der Waals surface area contributed by atoms with E-state index in [0.717, 1.165) is 5.75 Å². The van der Waals surface area contributed by atoms with Crippen molar-refractivity contribution in [1.29, 1.82) is 0 Å². The highest BCUT2D eigenvalue weighted by molar-refractivity contribution is 5.76. The Labute approximate surface area is 102 Å². The summed E-state index contributed by atoms with van der Waals surface area (Å²) >= 11 is 0. The van der Waals surface area contributed by atoms with Crippen LogP contribution in [0.1, 0.15) is 19.8 Å². The molecule has 1 aromatic rings. The van der Waals surface area contributed by atoms with Gasteiger partial charge in [-0.2, -0.15) is 0 Å². The molecule has 4 nitrogen and oxygen atoms in total. The van der Waals surface area contributed by atoms with Crippen LogP contribution in [-0.4, -0.2) is 25.1 Å². The fourth-order valence-electron chi connectivity index (χ4n) is 1.35. The predicted molar refractivity (Wildman–Crippen MR) is 67.8 cm³/mol. The lowest BCUT2D eigenvalue weighted by atomic mass is 10.2. The molecule has 94 valence electrons. The Morgan fingerprint density at radius 1 is 1.41 bits per heavy atom. The van der Waals surface area contributed by atoms with E-state index in [2.05, 4.69) is 5.32 Å². The third kappa shape index (κ3) is 5.92. The van der Waals surface area contributed by atoms with E-state index in [1.807, 2.05) is 37.3 Å². The van der Waals surface area contributed by atoms with Gasteiger partial charge in [0.1, 0.15) is 5.75 Å². The van der Waals surface area contributed by atoms with E-state index < -0.39 is 0 Å². The van der Waals surface area contributed by atoms with Crippen molar-refractivity contribution in [3.63, 3.8) is 0 Å². The van der Waals surface area contributed by atoms with Crippen molar-refractivity contribution in [2.75, 3.05) is 13.2 Å². The summed E-state index contributed by atoms with van der Waals surface area (Å²) in [5.74, 6) is 0.864. The molecule has 0 aromatic heterocycles. The van der Waals surface area contributed by atoms with Crippen molar-refractivity contribution in [3.8, 4) is 5.75 Å². The maximum atomic E-state index is 11.4. The molecule has 0 heterocycles. The summed E-state index contributed by atoms with van der Waals surface area (Å²) < 4.78 is 5.48. The molecular formula is C13H20N2O2. The smallest absolute Gasteiger partial charge is 0.220 e. The SMILES string of the molecule is C[C@@H](CN)NC(=O)CCCOc1ccccc1. The van der Waals surface area contributed by atoms with E-state index in [-0.39, 0.29) is 11.9 Å². The number of ether oxygens (including phenoxy) is 1. The molecule has 0 spiro atoms. The van der Waals surface area contributed by atoms with E-state index in [4.69, 9.17) is 10.5 Å². The lowest BCUT2D eigenvalue weighted by Crippen LogP contribution is -2.37. The molecule has 1 aromatic carbocycles. The molecule has 0 bridgehead atoms. The molecule has 1 atom stereocenters. The van der Waals surface area contributed by atoms with Crippen LogP contribution >= 0.6 is 0 Å². The summed E-state index contributed by atoms with van der Waals surface area (Å²) in [6.07, 6.45) is 1.18. The average Bonchev–Trinajstić information content (AvgIpc) is 2.36. The molecule has 0 aliphatic heterocycles. The summed E-state index contributed by atoms with van der Waals surface area (Å²) in [5.41, 5.74) is 5.41. The van der Waals surface area contributed by atoms with Gasteiger partial charge in [0.15, 0.2) is 0 Å². The molecule has 1 rings (SSSR count). The molecule has 17 heavy (non-hydrogen) atoms. The van der Waals surface area contributed by atoms with E-state index >= 15 is 0 Å². The molecule has 0 saturated carbocycles. The molecule has 3 N–H and O–H groups in total. The number of carbonyl (C=O) groups is 1. The summed E-state index contributed by atoms with van der Waals surface area (Å²) in [4.78, 5) is 11.4. The standard InChI is InChI=1S/C13H20N2O2/c1-11(10-14)15-13(16)8-5-9-17-12-6-3-2-4-7-12/h2-4,6-7,11H,5,8-10,14H2,1H3,(H,15,16)/t11-/m0/s1. The van der Waals surface area contributed by atoms with Gasteiger partial charge in [-0.15, -0.1) is 0 Å². The second-order valence-corrected chi connectivity index (χ2v) is 3.97. The molecule has 0 saturated heterocycles. The first kappa shape index (κ1) is 13.5. The Hall–Kier alpha value is -1.55. The second-order valence-electron chi connectivity index (χ2n) is 3.97. The third-order valence-electron chi connectivity index (χ3n) is 2.32. The van der Waals surface area contributed by atoms with Crippen LogP contribution in [0.5, 0.6) is 5.75 Å². The Bertz CT molecular complexity index is 327. The molecule has 1 amide bonds. The van der Waals surface area contributed by atoms with E-state index in [1.165, 1.54) is 0 Å². The number of rotatable bonds is 7. The van der Waals surface area contributed by atoms with Crippen LogP contribution in [0.25, 0.3) is 0 Å². The zero-order valence-electron chi connectivity index (χ0n) is 10.2. The summed E-state index contributed by atoms with van der Waals surface area (Å²) in [7, 11) is 0. The Morgan fingerprint density at radius 2 is 2.12 bits per heavy atom. The number of hydrogen-bond acceptors (Lipinski definition) is 3. The van der Waals surface area contributed by atoms with Crippen molar-refractivity contribution in [2.24, 2.45) is 5.73 Å². The number of carbonyl (C=O) groups excluding carboxylic acids is 1. The Kier molecular flexibility index (Phi) is 6.10. The zero-order chi connectivity index (χ0) is 12.5. The maximum Gasteiger partial charge on any atom is 0.220 e. The average molecular weight is 236 g/mol. The number of benzene rings is 1. The number of hydrogen-bond donors (Lipinski definition) is 2. The summed E-state index contributed by atoms with van der Waals surface area (Å²) in [6, 6.07) is 9.62. The quantitative estimate of drug-likeness (QED) is 0.702. The number of amides is 1. The normalized spacial score (nSPS) is 11.9. The number of para-hydroxylation sites is 1. The van der Waals surface area contributed by atoms with Crippen LogP contribution in [0.2, 0.25) is 0 Å². The van der Waals surface area contributed by atoms with Crippen molar-refractivity contribution < 1.29 is 9.53 Å². The van der Waals surface area contributed by atoms with Gasteiger partial charge in [-0.25, -0.2) is 0 Å². The second kappa shape index (κ2) is 7.68. The van der Waals surface area contributed by atoms with Gasteiger partial charge in [-0.05, 0) is 25.5 Å². The van der Waals surface area contributed by atoms with Gasteiger partial charge >= 0.3 is 0 Å². The lowest BCUT2D eigenvalue weighted by Gasteiger charge is -2.11. The van der Waals surface area contributed by atoms with Crippen LogP contribution in [0, 0.1) is 0 Å². The highest BCUT2D eigenvalue weighted by atomic mass is 16.5. The van der Waals surface area contributed by atoms with Crippen molar-refractivity contribution in [2.45, 2.75) is 25.8 Å². The minimum atomic E-state index is 0.0274. The number of nitrogens with two attached hydrogens (primary N) is 1. The molecular weight excluding hydrogens is 216 g/mol. The molecule has 0 radical (unpaired) electrons. The first-order chi connectivity index (χ1) is 8.22. The van der Waals surface area contributed by atoms with Crippen molar-refractivity contribution in [1.82, 2.24) is 5.32 Å². The van der Waals surface area contributed by atoms with Gasteiger partial charge < -0.3 is 15.8 Å². The van der Waals surface area contributed by atoms with Crippen molar-refractivity contribution in [3.05, 3.63) is 30.3 Å². The van der Waals surface area contributed by atoms with Crippen LogP contribution < -0.4 is 15.8 Å². The predicted octanol–water partition coefficient (Wildman–Crippen LogP) is 1.31. The van der Waals surface area contributed by atoms with Gasteiger partial charge in [0.2, 0.25) is 5.91 Å². The molecule has 0 aliphatic carbocycles. The highest BCUT2D eigenvalue weighted by Gasteiger charge is 2.04. The van der Waals surface area contributed by atoms with Gasteiger partial charge in [-0.3, -0.25) is 4.79 Å². The zero-order valence-corrected chi connectivity index (χ0v) is 10.2. The van der Waals surface area contributed by atoms with Crippen LogP contribution in [-0.2, 0) is 4.79 Å². The third-order valence-corrected chi connectivity index (χ3v) is 2.32. The Balaban J connectivity index is 2.10. The van der Waals surface area contributed by atoms with E-state index in [0.29, 0.717) is 26.0 Å². The highest BCUT2D eigenvalue weighted by Crippen LogP contribution is 2.08. The first-order valence-electron chi connectivity index (χ1n) is 5.89. The monoisotopic (exact) mass is 236 g/mol. The number of nitrogens with one attached hydrogen (secondary N) is 1. The Morgan fingerprint density at radius 3 is 2.76 bits per heavy atom. The minimum absolute atomic E-state index is 0.0274. The van der Waals surface area contributed by atoms with Gasteiger partial charge in [-0.1, -0.05) is 18.2 Å². The summed E-state index contributed by atoms with van der Waals surface area (Å²) in [6.45, 7) is 2.90. The van der Waals surface area contributed by atoms with Gasteiger partial charge in [0, 0.05) is 19.0 Å². The molecule has 0 aliphatic rings. The topological polar surface area (TPSA) is 64.3 Å². The van der Waals surface area contributed by atoms with Crippen LogP contribution in [0.3, 0.4) is 0 Å². The fraction of sp³-hybridized carbons (Fsp3) is 0.462. The van der Waals surface area contributed by atoms with Crippen LogP contribution in [0.4, 0.5) is 0 Å². The maximum absolute atomic E-state index is 11.4. The minimum Gasteiger partial charge on any atom is -0.494 e. The van der Waals surface area contributed by atoms with E-state index in [9.17, 15) is 4.79 Å². The van der Waals surface area contributed by atoms with E-state index in [1.54, 1.807) is 0 Å². The van der Waals surface area contributed by atoms with Crippen LogP contribution in [0.15, 0.2) is 30.3 Å². The van der Waals surface area contributed by atoms with Gasteiger partial charge in [0.25, 0.3) is 0 Å². The first-order valence-corrected chi connectivity index (χ1v) is 5.89. The molecule has 0 fully saturated rings.